The lowest BCUT2D eigenvalue weighted by Crippen LogP contribution is -2.45. The van der Waals surface area contributed by atoms with Crippen LogP contribution in [0.3, 0.4) is 0 Å². The number of anilines is 3. The Morgan fingerprint density at radius 3 is 2.56 bits per heavy atom. The first kappa shape index (κ1) is 22.0. The monoisotopic (exact) mass is 452 g/mol. The van der Waals surface area contributed by atoms with Gasteiger partial charge >= 0.3 is 6.03 Å². The van der Waals surface area contributed by atoms with Crippen LogP contribution >= 0.6 is 11.6 Å². The van der Waals surface area contributed by atoms with Crippen molar-refractivity contribution in [2.75, 3.05) is 28.6 Å². The van der Waals surface area contributed by atoms with E-state index in [1.165, 1.54) is 6.20 Å². The molecule has 2 atom stereocenters. The van der Waals surface area contributed by atoms with Crippen LogP contribution in [0.5, 0.6) is 0 Å². The van der Waals surface area contributed by atoms with Gasteiger partial charge in [0, 0.05) is 24.3 Å². The maximum Gasteiger partial charge on any atom is 0.324 e. The highest BCUT2D eigenvalue weighted by Gasteiger charge is 2.24. The molecule has 1 aromatic carbocycles. The second-order valence-electron chi connectivity index (χ2n) is 7.89. The molecule has 2 unspecified atom stereocenters. The summed E-state index contributed by atoms with van der Waals surface area (Å²) in [6.45, 7) is 7.57. The lowest BCUT2D eigenvalue weighted by Gasteiger charge is -2.37. The first-order valence-electron chi connectivity index (χ1n) is 10.4. The van der Waals surface area contributed by atoms with Gasteiger partial charge in [0.15, 0.2) is 5.82 Å². The largest absolute Gasteiger partial charge is 0.372 e. The number of aryl methyl sites for hydroxylation is 1. The zero-order valence-corrected chi connectivity index (χ0v) is 18.9. The standard InChI is InChI=1S/C23H25ClN6O2/c1-14-4-6-18(9-26-14)27-23(31)29-22-11-25-10-20(28-22)17-5-7-21(19(24)8-17)30-12-15(2)32-16(3)13-30/h4-11,15-16H,12-13H2,1-3H3,(H2,27,28,29,31). The summed E-state index contributed by atoms with van der Waals surface area (Å²) in [5.41, 5.74) is 3.85. The summed E-state index contributed by atoms with van der Waals surface area (Å²) >= 11 is 6.62. The molecular formula is C23H25ClN6O2. The molecule has 0 bridgehead atoms. The van der Waals surface area contributed by atoms with Crippen molar-refractivity contribution in [1.82, 2.24) is 15.0 Å². The van der Waals surface area contributed by atoms with Crippen LogP contribution in [0, 0.1) is 6.92 Å². The molecule has 32 heavy (non-hydrogen) atoms. The number of pyridine rings is 1. The Hall–Kier alpha value is -3.23. The average molecular weight is 453 g/mol. The molecule has 1 aliphatic heterocycles. The highest BCUT2D eigenvalue weighted by atomic mass is 35.5. The highest BCUT2D eigenvalue weighted by molar-refractivity contribution is 6.33. The molecule has 3 aromatic rings. The quantitative estimate of drug-likeness (QED) is 0.593. The zero-order valence-electron chi connectivity index (χ0n) is 18.2. The second-order valence-corrected chi connectivity index (χ2v) is 8.29. The predicted octanol–water partition coefficient (Wildman–Crippen LogP) is 4.76. The topological polar surface area (TPSA) is 92.3 Å². The second kappa shape index (κ2) is 9.50. The number of carbonyl (C=O) groups excluding carboxylic acids is 1. The Morgan fingerprint density at radius 1 is 1.09 bits per heavy atom. The first-order chi connectivity index (χ1) is 15.4. The van der Waals surface area contributed by atoms with E-state index in [1.54, 1.807) is 18.5 Å². The summed E-state index contributed by atoms with van der Waals surface area (Å²) in [5.74, 6) is 0.330. The number of amides is 2. The minimum atomic E-state index is -0.425. The van der Waals surface area contributed by atoms with Crippen molar-refractivity contribution in [3.8, 4) is 11.3 Å². The molecule has 2 aromatic heterocycles. The van der Waals surface area contributed by atoms with Crippen molar-refractivity contribution in [3.63, 3.8) is 0 Å². The molecule has 1 aliphatic rings. The van der Waals surface area contributed by atoms with E-state index in [4.69, 9.17) is 16.3 Å². The summed E-state index contributed by atoms with van der Waals surface area (Å²) in [6.07, 6.45) is 5.01. The maximum absolute atomic E-state index is 12.3. The minimum absolute atomic E-state index is 0.143. The van der Waals surface area contributed by atoms with Crippen LogP contribution in [0.1, 0.15) is 19.5 Å². The molecule has 3 heterocycles. The van der Waals surface area contributed by atoms with E-state index in [9.17, 15) is 4.79 Å². The van der Waals surface area contributed by atoms with Gasteiger partial charge in [0.2, 0.25) is 0 Å². The van der Waals surface area contributed by atoms with E-state index in [1.807, 2.05) is 31.2 Å². The molecule has 0 saturated carbocycles. The number of ether oxygens (including phenoxy) is 1. The van der Waals surface area contributed by atoms with Crippen molar-refractivity contribution >= 4 is 34.8 Å². The smallest absolute Gasteiger partial charge is 0.324 e. The van der Waals surface area contributed by atoms with Gasteiger partial charge in [-0.3, -0.25) is 15.3 Å². The summed E-state index contributed by atoms with van der Waals surface area (Å²) in [6, 6.07) is 8.99. The Bertz CT molecular complexity index is 1100. The fraction of sp³-hybridized carbons (Fsp3) is 0.304. The van der Waals surface area contributed by atoms with Crippen LogP contribution in [-0.2, 0) is 4.74 Å². The van der Waals surface area contributed by atoms with Crippen molar-refractivity contribution in [3.05, 3.63) is 59.6 Å². The van der Waals surface area contributed by atoms with Crippen molar-refractivity contribution in [2.24, 2.45) is 0 Å². The number of nitrogens with zero attached hydrogens (tertiary/aromatic N) is 4. The summed E-state index contributed by atoms with van der Waals surface area (Å²) in [7, 11) is 0. The zero-order chi connectivity index (χ0) is 22.7. The molecular weight excluding hydrogens is 428 g/mol. The van der Waals surface area contributed by atoms with Gasteiger partial charge in [-0.15, -0.1) is 0 Å². The number of hydrogen-bond acceptors (Lipinski definition) is 6. The van der Waals surface area contributed by atoms with Gasteiger partial charge in [0.05, 0.1) is 52.9 Å². The molecule has 166 valence electrons. The van der Waals surface area contributed by atoms with Gasteiger partial charge in [-0.25, -0.2) is 9.78 Å². The third-order valence-electron chi connectivity index (χ3n) is 5.05. The van der Waals surface area contributed by atoms with Crippen molar-refractivity contribution < 1.29 is 9.53 Å². The number of aromatic nitrogens is 3. The van der Waals surface area contributed by atoms with E-state index in [0.29, 0.717) is 22.2 Å². The average Bonchev–Trinajstić information content (AvgIpc) is 2.75. The maximum atomic E-state index is 12.3. The van der Waals surface area contributed by atoms with Crippen LogP contribution in [0.25, 0.3) is 11.3 Å². The molecule has 2 amide bonds. The van der Waals surface area contributed by atoms with E-state index in [0.717, 1.165) is 30.0 Å². The van der Waals surface area contributed by atoms with Gasteiger partial charge < -0.3 is 15.0 Å². The van der Waals surface area contributed by atoms with Crippen LogP contribution < -0.4 is 15.5 Å². The fourth-order valence-corrected chi connectivity index (χ4v) is 3.98. The number of hydrogen-bond donors (Lipinski definition) is 2. The molecule has 1 fully saturated rings. The fourth-order valence-electron chi connectivity index (χ4n) is 3.68. The number of nitrogens with one attached hydrogen (secondary N) is 2. The predicted molar refractivity (Wildman–Crippen MR) is 126 cm³/mol. The number of halogens is 1. The lowest BCUT2D eigenvalue weighted by atomic mass is 10.1. The highest BCUT2D eigenvalue weighted by Crippen LogP contribution is 2.32. The Labute approximate surface area is 192 Å². The van der Waals surface area contributed by atoms with Gasteiger partial charge in [0.25, 0.3) is 0 Å². The molecule has 2 N–H and O–H groups in total. The van der Waals surface area contributed by atoms with Gasteiger partial charge in [-0.1, -0.05) is 17.7 Å². The van der Waals surface area contributed by atoms with E-state index < -0.39 is 6.03 Å². The van der Waals surface area contributed by atoms with E-state index in [2.05, 4.69) is 44.3 Å². The molecule has 0 spiro atoms. The third-order valence-corrected chi connectivity index (χ3v) is 5.35. The van der Waals surface area contributed by atoms with E-state index >= 15 is 0 Å². The normalized spacial score (nSPS) is 18.3. The molecule has 1 saturated heterocycles. The first-order valence-corrected chi connectivity index (χ1v) is 10.8. The molecule has 9 heteroatoms. The molecule has 0 radical (unpaired) electrons. The number of rotatable bonds is 4. The van der Waals surface area contributed by atoms with E-state index in [-0.39, 0.29) is 12.2 Å². The number of morpholine rings is 1. The van der Waals surface area contributed by atoms with Gasteiger partial charge in [-0.2, -0.15) is 0 Å². The Balaban J connectivity index is 1.47. The summed E-state index contributed by atoms with van der Waals surface area (Å²) < 4.78 is 5.81. The number of urea groups is 1. The SMILES string of the molecule is Cc1ccc(NC(=O)Nc2cncc(-c3ccc(N4CC(C)OC(C)C4)c(Cl)c3)n2)cn1. The van der Waals surface area contributed by atoms with Gasteiger partial charge in [0.1, 0.15) is 0 Å². The lowest BCUT2D eigenvalue weighted by molar-refractivity contribution is -0.00520. The van der Waals surface area contributed by atoms with Crippen LogP contribution in [0.2, 0.25) is 5.02 Å². The summed E-state index contributed by atoms with van der Waals surface area (Å²) in [5, 5.41) is 6.05. The molecule has 8 nitrogen and oxygen atoms in total. The van der Waals surface area contributed by atoms with Crippen molar-refractivity contribution in [1.29, 1.82) is 0 Å². The van der Waals surface area contributed by atoms with Crippen LogP contribution in [0.4, 0.5) is 22.0 Å². The van der Waals surface area contributed by atoms with Crippen LogP contribution in [-0.4, -0.2) is 46.3 Å². The Morgan fingerprint density at radius 2 is 1.88 bits per heavy atom. The minimum Gasteiger partial charge on any atom is -0.372 e. The van der Waals surface area contributed by atoms with Gasteiger partial charge in [-0.05, 0) is 45.0 Å². The molecule has 4 rings (SSSR count). The molecule has 0 aliphatic carbocycles. The number of benzene rings is 1. The third kappa shape index (κ3) is 5.33. The number of carbonyl (C=O) groups is 1. The van der Waals surface area contributed by atoms with Crippen molar-refractivity contribution in [2.45, 2.75) is 33.0 Å². The van der Waals surface area contributed by atoms with Crippen LogP contribution in [0.15, 0.2) is 48.9 Å². The summed E-state index contributed by atoms with van der Waals surface area (Å²) in [4.78, 5) is 27.4. The Kier molecular flexibility index (Phi) is 6.53.